The van der Waals surface area contributed by atoms with Gasteiger partial charge < -0.3 is 9.47 Å². The van der Waals surface area contributed by atoms with Crippen LogP contribution in [0.3, 0.4) is 0 Å². The molecule has 0 aliphatic carbocycles. The number of halogens is 2. The second-order valence-electron chi connectivity index (χ2n) is 7.62. The fourth-order valence-electron chi connectivity index (χ4n) is 3.74. The van der Waals surface area contributed by atoms with E-state index in [-0.39, 0.29) is 47.3 Å². The molecule has 3 heterocycles. The van der Waals surface area contributed by atoms with Gasteiger partial charge in [0.05, 0.1) is 16.2 Å². The van der Waals surface area contributed by atoms with Gasteiger partial charge in [0.15, 0.2) is 11.2 Å². The Morgan fingerprint density at radius 1 is 1.15 bits per heavy atom. The van der Waals surface area contributed by atoms with Gasteiger partial charge in [-0.1, -0.05) is 11.6 Å². The van der Waals surface area contributed by atoms with Crippen LogP contribution in [0.15, 0.2) is 39.0 Å². The standard InChI is InChI=1S/C19H20ClFN6O5S/c1-23-11-22-17-16(23)18(29)27(19(30)24(17)2)10-15(28)25-5-7-26(8-6-25)33(31,32)12-3-4-14(21)13(20)9-12/h3-4,9,11H,5-8,10H2,1-2H3. The maximum atomic E-state index is 13.4. The smallest absolute Gasteiger partial charge is 0.332 e. The fraction of sp³-hybridized carbons (Fsp3) is 0.368. The number of nitrogens with zero attached hydrogens (tertiary/aromatic N) is 6. The maximum absolute atomic E-state index is 13.4. The number of aromatic nitrogens is 4. The summed E-state index contributed by atoms with van der Waals surface area (Å²) in [5.74, 6) is -1.21. The first kappa shape index (κ1) is 23.1. The number of aryl methyl sites for hydroxylation is 2. The molecule has 14 heteroatoms. The predicted octanol–water partition coefficient (Wildman–Crippen LogP) is -0.241. The lowest BCUT2D eigenvalue weighted by Crippen LogP contribution is -2.52. The molecule has 1 amide bonds. The highest BCUT2D eigenvalue weighted by Crippen LogP contribution is 2.23. The monoisotopic (exact) mass is 498 g/mol. The van der Waals surface area contributed by atoms with Crippen molar-refractivity contribution >= 4 is 38.7 Å². The summed E-state index contributed by atoms with van der Waals surface area (Å²) in [7, 11) is -0.851. The number of fused-ring (bicyclic) bond motifs is 1. The fourth-order valence-corrected chi connectivity index (χ4v) is 5.43. The summed E-state index contributed by atoms with van der Waals surface area (Å²) >= 11 is 5.70. The number of hydrogen-bond donors (Lipinski definition) is 0. The number of hydrogen-bond acceptors (Lipinski definition) is 6. The van der Waals surface area contributed by atoms with Gasteiger partial charge in [-0.05, 0) is 18.2 Å². The zero-order valence-electron chi connectivity index (χ0n) is 17.7. The number of piperazine rings is 1. The summed E-state index contributed by atoms with van der Waals surface area (Å²) in [5, 5.41) is -0.303. The third kappa shape index (κ3) is 3.96. The molecule has 1 aliphatic heterocycles. The van der Waals surface area contributed by atoms with Gasteiger partial charge in [0, 0.05) is 40.3 Å². The molecule has 1 saturated heterocycles. The predicted molar refractivity (Wildman–Crippen MR) is 117 cm³/mol. The van der Waals surface area contributed by atoms with Gasteiger partial charge in [0.1, 0.15) is 12.4 Å². The lowest BCUT2D eigenvalue weighted by molar-refractivity contribution is -0.133. The van der Waals surface area contributed by atoms with Gasteiger partial charge >= 0.3 is 5.69 Å². The summed E-state index contributed by atoms with van der Waals surface area (Å²) in [5.41, 5.74) is -0.889. The Kier molecular flexibility index (Phi) is 5.88. The summed E-state index contributed by atoms with van der Waals surface area (Å²) in [4.78, 5) is 43.5. The largest absolute Gasteiger partial charge is 0.338 e. The normalized spacial score (nSPS) is 15.3. The van der Waals surface area contributed by atoms with Crippen LogP contribution in [0.5, 0.6) is 0 Å². The van der Waals surface area contributed by atoms with Crippen molar-refractivity contribution in [2.75, 3.05) is 26.2 Å². The van der Waals surface area contributed by atoms with Crippen molar-refractivity contribution < 1.29 is 17.6 Å². The van der Waals surface area contributed by atoms with Crippen LogP contribution in [0.25, 0.3) is 11.2 Å². The van der Waals surface area contributed by atoms with Gasteiger partial charge in [-0.3, -0.25) is 14.2 Å². The number of carbonyl (C=O) groups is 1. The molecule has 4 rings (SSSR count). The molecule has 0 unspecified atom stereocenters. The molecule has 0 spiro atoms. The van der Waals surface area contributed by atoms with Gasteiger partial charge in [-0.25, -0.2) is 27.2 Å². The van der Waals surface area contributed by atoms with E-state index in [9.17, 15) is 27.2 Å². The number of benzene rings is 1. The average molecular weight is 499 g/mol. The lowest BCUT2D eigenvalue weighted by Gasteiger charge is -2.34. The molecule has 0 atom stereocenters. The zero-order chi connectivity index (χ0) is 24.1. The first-order valence-corrected chi connectivity index (χ1v) is 11.7. The molecule has 1 aromatic carbocycles. The highest BCUT2D eigenvalue weighted by Gasteiger charge is 2.31. The zero-order valence-corrected chi connectivity index (χ0v) is 19.3. The molecule has 0 bridgehead atoms. The number of carbonyl (C=O) groups excluding carboxylic acids is 1. The van der Waals surface area contributed by atoms with E-state index in [1.165, 1.54) is 31.7 Å². The molecule has 33 heavy (non-hydrogen) atoms. The van der Waals surface area contributed by atoms with E-state index in [4.69, 9.17) is 11.6 Å². The highest BCUT2D eigenvalue weighted by atomic mass is 35.5. The summed E-state index contributed by atoms with van der Waals surface area (Å²) in [6.07, 6.45) is 1.41. The Balaban J connectivity index is 1.51. The van der Waals surface area contributed by atoms with Gasteiger partial charge in [-0.15, -0.1) is 0 Å². The first-order valence-electron chi connectivity index (χ1n) is 9.86. The molecule has 0 N–H and O–H groups in total. The van der Waals surface area contributed by atoms with Crippen LogP contribution in [0.2, 0.25) is 5.02 Å². The summed E-state index contributed by atoms with van der Waals surface area (Å²) in [6.45, 7) is -0.355. The lowest BCUT2D eigenvalue weighted by atomic mass is 10.3. The van der Waals surface area contributed by atoms with Crippen molar-refractivity contribution in [3.8, 4) is 0 Å². The second kappa shape index (κ2) is 8.39. The van der Waals surface area contributed by atoms with Crippen molar-refractivity contribution in [2.45, 2.75) is 11.4 Å². The molecule has 1 aliphatic rings. The average Bonchev–Trinajstić information content (AvgIpc) is 3.18. The second-order valence-corrected chi connectivity index (χ2v) is 9.97. The molecule has 3 aromatic rings. The Labute approximate surface area is 192 Å². The van der Waals surface area contributed by atoms with Crippen LogP contribution in [0.1, 0.15) is 0 Å². The van der Waals surface area contributed by atoms with Crippen molar-refractivity contribution in [3.63, 3.8) is 0 Å². The van der Waals surface area contributed by atoms with Crippen molar-refractivity contribution in [1.82, 2.24) is 27.9 Å². The SMILES string of the molecule is Cn1cnc2c1c(=O)n(CC(=O)N1CCN(S(=O)(=O)c3ccc(F)c(Cl)c3)CC1)c(=O)n2C. The topological polar surface area (TPSA) is 120 Å². The van der Waals surface area contributed by atoms with Crippen LogP contribution in [0.4, 0.5) is 4.39 Å². The van der Waals surface area contributed by atoms with Gasteiger partial charge in [0.25, 0.3) is 5.56 Å². The molecular formula is C19H20ClFN6O5S. The molecule has 11 nitrogen and oxygen atoms in total. The van der Waals surface area contributed by atoms with E-state index in [0.717, 1.165) is 22.8 Å². The van der Waals surface area contributed by atoms with E-state index in [1.807, 2.05) is 0 Å². The molecule has 0 saturated carbocycles. The first-order chi connectivity index (χ1) is 15.5. The minimum absolute atomic E-state index is 0.00323. The van der Waals surface area contributed by atoms with Crippen LogP contribution in [-0.2, 0) is 35.5 Å². The van der Waals surface area contributed by atoms with E-state index in [2.05, 4.69) is 4.98 Å². The number of sulfonamides is 1. The minimum Gasteiger partial charge on any atom is -0.338 e. The van der Waals surface area contributed by atoms with Crippen LogP contribution in [-0.4, -0.2) is 68.4 Å². The quantitative estimate of drug-likeness (QED) is 0.489. The van der Waals surface area contributed by atoms with Crippen LogP contribution >= 0.6 is 11.6 Å². The van der Waals surface area contributed by atoms with E-state index in [1.54, 1.807) is 7.05 Å². The van der Waals surface area contributed by atoms with E-state index < -0.39 is 39.5 Å². The Bertz CT molecular complexity index is 1490. The molecule has 2 aromatic heterocycles. The summed E-state index contributed by atoms with van der Waals surface area (Å²) in [6, 6.07) is 3.15. The van der Waals surface area contributed by atoms with Crippen LogP contribution < -0.4 is 11.2 Å². The Morgan fingerprint density at radius 3 is 2.45 bits per heavy atom. The number of rotatable bonds is 4. The third-order valence-corrected chi connectivity index (χ3v) is 7.80. The molecule has 1 fully saturated rings. The van der Waals surface area contributed by atoms with Gasteiger partial charge in [0.2, 0.25) is 15.9 Å². The van der Waals surface area contributed by atoms with Crippen LogP contribution in [0, 0.1) is 5.82 Å². The van der Waals surface area contributed by atoms with Crippen molar-refractivity contribution in [1.29, 1.82) is 0 Å². The minimum atomic E-state index is -3.93. The summed E-state index contributed by atoms with van der Waals surface area (Å²) < 4.78 is 43.7. The molecule has 176 valence electrons. The van der Waals surface area contributed by atoms with Crippen molar-refractivity contribution in [3.05, 3.63) is 56.2 Å². The Morgan fingerprint density at radius 2 is 1.82 bits per heavy atom. The Hall–Kier alpha value is -3.03. The van der Waals surface area contributed by atoms with E-state index in [0.29, 0.717) is 0 Å². The molecule has 0 radical (unpaired) electrons. The highest BCUT2D eigenvalue weighted by molar-refractivity contribution is 7.89. The molecular weight excluding hydrogens is 479 g/mol. The van der Waals surface area contributed by atoms with Crippen molar-refractivity contribution in [2.24, 2.45) is 14.1 Å². The number of amides is 1. The van der Waals surface area contributed by atoms with Gasteiger partial charge in [-0.2, -0.15) is 4.31 Å². The maximum Gasteiger partial charge on any atom is 0.332 e. The number of imidazole rings is 1. The third-order valence-electron chi connectivity index (χ3n) is 5.61. The van der Waals surface area contributed by atoms with E-state index >= 15 is 0 Å².